The lowest BCUT2D eigenvalue weighted by Gasteiger charge is -2.13. The lowest BCUT2D eigenvalue weighted by Crippen LogP contribution is -2.14. The van der Waals surface area contributed by atoms with Gasteiger partial charge in [-0.05, 0) is 36.0 Å². The third kappa shape index (κ3) is 4.14. The number of methoxy groups -OCH3 is 1. The summed E-state index contributed by atoms with van der Waals surface area (Å²) in [7, 11) is 1.35. The Balaban J connectivity index is 2.25. The molecule has 0 spiro atoms. The number of hydrogen-bond donors (Lipinski definition) is 1. The van der Waals surface area contributed by atoms with Crippen LogP contribution in [-0.4, -0.2) is 23.5 Å². The molecule has 0 radical (unpaired) electrons. The number of ether oxygens (including phenoxy) is 1. The summed E-state index contributed by atoms with van der Waals surface area (Å²) in [4.78, 5) is 16.0. The first-order valence-corrected chi connectivity index (χ1v) is 6.87. The lowest BCUT2D eigenvalue weighted by molar-refractivity contribution is -0.0328. The predicted octanol–water partition coefficient (Wildman–Crippen LogP) is 3.95. The van der Waals surface area contributed by atoms with E-state index in [0.29, 0.717) is 0 Å². The van der Waals surface area contributed by atoms with Crippen LogP contribution in [0, 0.1) is 0 Å². The Labute approximate surface area is 128 Å². The second-order valence-electron chi connectivity index (χ2n) is 4.06. The average Bonchev–Trinajstić information content (AvgIpc) is 2.47. The summed E-state index contributed by atoms with van der Waals surface area (Å²) in [6.45, 7) is 0. The molecule has 2 aromatic rings. The predicted molar refractivity (Wildman–Crippen MR) is 77.1 cm³/mol. The van der Waals surface area contributed by atoms with Gasteiger partial charge in [-0.2, -0.15) is 13.2 Å². The van der Waals surface area contributed by atoms with E-state index >= 15 is 0 Å². The third-order valence-electron chi connectivity index (χ3n) is 2.57. The topological polar surface area (TPSA) is 51.2 Å². The van der Waals surface area contributed by atoms with Crippen molar-refractivity contribution in [1.29, 1.82) is 0 Å². The molecule has 0 atom stereocenters. The highest BCUT2D eigenvalue weighted by molar-refractivity contribution is 8.00. The highest BCUT2D eigenvalue weighted by Crippen LogP contribution is 2.40. The molecule has 4 nitrogen and oxygen atoms in total. The number of nitrogens with zero attached hydrogens (tertiary/aromatic N) is 1. The Morgan fingerprint density at radius 2 is 1.95 bits per heavy atom. The number of hydrogen-bond acceptors (Lipinski definition) is 4. The van der Waals surface area contributed by atoms with E-state index in [9.17, 15) is 18.0 Å². The van der Waals surface area contributed by atoms with Gasteiger partial charge in [0.1, 0.15) is 5.56 Å². The molecule has 0 aliphatic heterocycles. The van der Waals surface area contributed by atoms with E-state index < -0.39 is 11.4 Å². The van der Waals surface area contributed by atoms with E-state index in [4.69, 9.17) is 4.74 Å². The molecule has 0 bridgehead atoms. The van der Waals surface area contributed by atoms with Crippen molar-refractivity contribution in [3.8, 4) is 5.88 Å². The SMILES string of the molecule is COc1ncccc1C(=O)Nc1ccccc1SC(F)(F)F. The number of pyridine rings is 1. The molecule has 0 saturated heterocycles. The minimum Gasteiger partial charge on any atom is -0.480 e. The van der Waals surface area contributed by atoms with E-state index in [2.05, 4.69) is 10.3 Å². The van der Waals surface area contributed by atoms with Gasteiger partial charge in [0.15, 0.2) is 0 Å². The number of carbonyl (C=O) groups excluding carboxylic acids is 1. The maximum Gasteiger partial charge on any atom is 0.446 e. The van der Waals surface area contributed by atoms with Crippen LogP contribution in [-0.2, 0) is 0 Å². The van der Waals surface area contributed by atoms with Gasteiger partial charge in [0.05, 0.1) is 12.8 Å². The Morgan fingerprint density at radius 3 is 2.64 bits per heavy atom. The summed E-state index contributed by atoms with van der Waals surface area (Å²) < 4.78 is 42.5. The van der Waals surface area contributed by atoms with Crippen molar-refractivity contribution in [1.82, 2.24) is 4.98 Å². The van der Waals surface area contributed by atoms with Crippen LogP contribution in [0.1, 0.15) is 10.4 Å². The number of nitrogens with one attached hydrogen (secondary N) is 1. The van der Waals surface area contributed by atoms with E-state index in [-0.39, 0.29) is 33.8 Å². The molecule has 0 unspecified atom stereocenters. The molecule has 116 valence electrons. The largest absolute Gasteiger partial charge is 0.480 e. The van der Waals surface area contributed by atoms with Crippen LogP contribution in [0.3, 0.4) is 0 Å². The van der Waals surface area contributed by atoms with Crippen LogP contribution < -0.4 is 10.1 Å². The summed E-state index contributed by atoms with van der Waals surface area (Å²) in [6, 6.07) is 8.70. The van der Waals surface area contributed by atoms with E-state index in [0.717, 1.165) is 0 Å². The fourth-order valence-corrected chi connectivity index (χ4v) is 2.32. The third-order valence-corrected chi connectivity index (χ3v) is 3.38. The van der Waals surface area contributed by atoms with Crippen molar-refractivity contribution >= 4 is 23.4 Å². The van der Waals surface area contributed by atoms with E-state index in [1.165, 1.54) is 49.7 Å². The van der Waals surface area contributed by atoms with Gasteiger partial charge in [0, 0.05) is 11.1 Å². The Hall–Kier alpha value is -2.22. The number of carbonyl (C=O) groups is 1. The lowest BCUT2D eigenvalue weighted by atomic mass is 10.2. The maximum absolute atomic E-state index is 12.5. The number of amides is 1. The van der Waals surface area contributed by atoms with Gasteiger partial charge in [-0.3, -0.25) is 4.79 Å². The maximum atomic E-state index is 12.5. The molecule has 2 rings (SSSR count). The standard InChI is InChI=1S/C14H11F3N2O2S/c1-21-13-9(5-4-8-18-13)12(20)19-10-6-2-3-7-11(10)22-14(15,16)17/h2-8H,1H3,(H,19,20). The number of rotatable bonds is 4. The van der Waals surface area contributed by atoms with Gasteiger partial charge in [-0.25, -0.2) is 4.98 Å². The summed E-state index contributed by atoms with van der Waals surface area (Å²) in [5, 5.41) is 2.44. The first kappa shape index (κ1) is 16.2. The van der Waals surface area contributed by atoms with Crippen molar-refractivity contribution < 1.29 is 22.7 Å². The van der Waals surface area contributed by atoms with Crippen LogP contribution in [0.5, 0.6) is 5.88 Å². The van der Waals surface area contributed by atoms with Crippen molar-refractivity contribution in [2.75, 3.05) is 12.4 Å². The molecular formula is C14H11F3N2O2S. The summed E-state index contributed by atoms with van der Waals surface area (Å²) in [6.07, 6.45) is 1.45. The van der Waals surface area contributed by atoms with Crippen LogP contribution in [0.15, 0.2) is 47.5 Å². The number of anilines is 1. The Morgan fingerprint density at radius 1 is 1.23 bits per heavy atom. The zero-order chi connectivity index (χ0) is 16.2. The van der Waals surface area contributed by atoms with Gasteiger partial charge in [0.25, 0.3) is 5.91 Å². The van der Waals surface area contributed by atoms with Crippen LogP contribution >= 0.6 is 11.8 Å². The van der Waals surface area contributed by atoms with Crippen molar-refractivity contribution in [2.24, 2.45) is 0 Å². The van der Waals surface area contributed by atoms with Crippen molar-refractivity contribution in [3.05, 3.63) is 48.2 Å². The quantitative estimate of drug-likeness (QED) is 0.863. The number of thioether (sulfide) groups is 1. The van der Waals surface area contributed by atoms with Crippen molar-refractivity contribution in [2.45, 2.75) is 10.4 Å². The van der Waals surface area contributed by atoms with Crippen LogP contribution in [0.25, 0.3) is 0 Å². The molecule has 1 aromatic heterocycles. The molecule has 0 saturated carbocycles. The zero-order valence-corrected chi connectivity index (χ0v) is 12.2. The van der Waals surface area contributed by atoms with E-state index in [1.807, 2.05) is 0 Å². The van der Waals surface area contributed by atoms with Crippen molar-refractivity contribution in [3.63, 3.8) is 0 Å². The number of aromatic nitrogens is 1. The fraction of sp³-hybridized carbons (Fsp3) is 0.143. The fourth-order valence-electron chi connectivity index (χ4n) is 1.70. The van der Waals surface area contributed by atoms with Gasteiger partial charge in [0.2, 0.25) is 5.88 Å². The number of halogens is 3. The molecule has 1 amide bonds. The molecule has 1 heterocycles. The number of alkyl halides is 3. The van der Waals surface area contributed by atoms with Gasteiger partial charge < -0.3 is 10.1 Å². The highest BCUT2D eigenvalue weighted by atomic mass is 32.2. The second-order valence-corrected chi connectivity index (χ2v) is 5.17. The second kappa shape index (κ2) is 6.69. The van der Waals surface area contributed by atoms with Crippen LogP contribution in [0.2, 0.25) is 0 Å². The smallest absolute Gasteiger partial charge is 0.446 e. The molecule has 0 aliphatic carbocycles. The molecule has 1 aromatic carbocycles. The average molecular weight is 328 g/mol. The minimum absolute atomic E-state index is 0.0701. The molecular weight excluding hydrogens is 317 g/mol. The molecule has 22 heavy (non-hydrogen) atoms. The first-order chi connectivity index (χ1) is 10.4. The first-order valence-electron chi connectivity index (χ1n) is 6.06. The summed E-state index contributed by atoms with van der Waals surface area (Å²) in [5.74, 6) is -0.499. The van der Waals surface area contributed by atoms with E-state index in [1.54, 1.807) is 0 Å². The zero-order valence-electron chi connectivity index (χ0n) is 11.3. The molecule has 0 aliphatic rings. The summed E-state index contributed by atoms with van der Waals surface area (Å²) >= 11 is -0.287. The normalized spacial score (nSPS) is 11.1. The summed E-state index contributed by atoms with van der Waals surface area (Å²) in [5.41, 5.74) is -4.23. The number of benzene rings is 1. The monoisotopic (exact) mass is 328 g/mol. The molecule has 1 N–H and O–H groups in total. The van der Waals surface area contributed by atoms with Gasteiger partial charge in [-0.15, -0.1) is 0 Å². The minimum atomic E-state index is -4.44. The van der Waals surface area contributed by atoms with Gasteiger partial charge >= 0.3 is 5.51 Å². The Kier molecular flexibility index (Phi) is 4.92. The molecule has 0 fully saturated rings. The number of para-hydroxylation sites is 1. The Bertz CT molecular complexity index is 677. The van der Waals surface area contributed by atoms with Gasteiger partial charge in [-0.1, -0.05) is 12.1 Å². The molecule has 8 heteroatoms. The highest BCUT2D eigenvalue weighted by Gasteiger charge is 2.30. The van der Waals surface area contributed by atoms with Crippen LogP contribution in [0.4, 0.5) is 18.9 Å².